The lowest BCUT2D eigenvalue weighted by atomic mass is 9.57. The van der Waals surface area contributed by atoms with Gasteiger partial charge in [0.25, 0.3) is 0 Å². The molecule has 57 heavy (non-hydrogen) atoms. The summed E-state index contributed by atoms with van der Waals surface area (Å²) in [6.07, 6.45) is 8.12. The van der Waals surface area contributed by atoms with Crippen molar-refractivity contribution >= 4 is 27.5 Å². The molecule has 3 atom stereocenters. The van der Waals surface area contributed by atoms with Gasteiger partial charge in [-0.15, -0.1) is 0 Å². The van der Waals surface area contributed by atoms with Crippen LogP contribution in [0.2, 0.25) is 0 Å². The SMILES string of the molecule is COC(=O)N[C@H]1CCC[C@@H]1C(CN1CCC1)(c1cccc(F)c1)C1CCN(CC2CN(c3ccc(S(=O)(=O)C4CN(C(=O)/C=C/CN5CC(F)C5)C4)cc3)C2)CC1. The summed E-state index contributed by atoms with van der Waals surface area (Å²) in [5.74, 6) is 0.632. The monoisotopic (exact) mass is 808 g/mol. The summed E-state index contributed by atoms with van der Waals surface area (Å²) in [5, 5.41) is 2.56. The Hall–Kier alpha value is -3.59. The summed E-state index contributed by atoms with van der Waals surface area (Å²) in [7, 11) is -2.14. The minimum Gasteiger partial charge on any atom is -0.453 e. The second-order valence-corrected chi connectivity index (χ2v) is 19.7. The molecule has 6 aliphatic rings. The Labute approximate surface area is 336 Å². The summed E-state index contributed by atoms with van der Waals surface area (Å²) >= 11 is 0. The van der Waals surface area contributed by atoms with Crippen molar-refractivity contribution < 1.29 is 31.5 Å². The normalized spacial score (nSPS) is 25.7. The minimum absolute atomic E-state index is 0.0167. The molecule has 2 aromatic rings. The highest BCUT2D eigenvalue weighted by Gasteiger charge is 2.53. The van der Waals surface area contributed by atoms with Crippen LogP contribution < -0.4 is 10.2 Å². The van der Waals surface area contributed by atoms with Crippen molar-refractivity contribution in [2.75, 3.05) is 97.1 Å². The van der Waals surface area contributed by atoms with E-state index in [0.29, 0.717) is 31.5 Å². The van der Waals surface area contributed by atoms with Crippen molar-refractivity contribution in [3.05, 3.63) is 72.1 Å². The highest BCUT2D eigenvalue weighted by atomic mass is 32.2. The maximum absolute atomic E-state index is 15.0. The summed E-state index contributed by atoms with van der Waals surface area (Å²) in [4.78, 5) is 36.1. The molecule has 14 heteroatoms. The highest BCUT2D eigenvalue weighted by Crippen LogP contribution is 2.51. The third-order valence-corrected chi connectivity index (χ3v) is 16.0. The topological polar surface area (TPSA) is 106 Å². The number of alkyl halides is 1. The number of hydrogen-bond acceptors (Lipinski definition) is 9. The standard InChI is InChI=1S/C43H58F2N6O5S/c1-56-42(53)46-40-9-3-8-39(40)43(30-48-18-5-19-48,33-6-2-7-34(44)22-33)32-15-20-47(21-16-32)23-31-24-50(25-31)36-11-13-37(14-12-36)57(54,55)38-28-51(29-38)41(52)10-4-17-49-26-35(45)27-49/h2,4,6-7,10-14,22,31-32,35,38-40H,3,5,8-9,15-21,23-30H2,1H3,(H,46,53)/b10-4+/t39-,40-,43?/m0/s1. The van der Waals surface area contributed by atoms with Crippen LogP contribution in [0.25, 0.3) is 0 Å². The van der Waals surface area contributed by atoms with Gasteiger partial charge in [0.05, 0.1) is 12.0 Å². The average Bonchev–Trinajstić information content (AvgIpc) is 3.60. The number of carbonyl (C=O) groups is 2. The van der Waals surface area contributed by atoms with Crippen LogP contribution in [0.15, 0.2) is 65.6 Å². The fourth-order valence-electron chi connectivity index (χ4n) is 10.5. The van der Waals surface area contributed by atoms with Crippen molar-refractivity contribution in [1.82, 2.24) is 24.9 Å². The number of nitrogens with zero attached hydrogens (tertiary/aromatic N) is 5. The Morgan fingerprint density at radius 3 is 2.28 bits per heavy atom. The molecule has 8 rings (SSSR count). The quantitative estimate of drug-likeness (QED) is 0.280. The first kappa shape index (κ1) is 40.2. The molecular weight excluding hydrogens is 751 g/mol. The Morgan fingerprint density at radius 2 is 1.63 bits per heavy atom. The first-order chi connectivity index (χ1) is 27.5. The van der Waals surface area contributed by atoms with Crippen LogP contribution >= 0.6 is 0 Å². The lowest BCUT2D eigenvalue weighted by Crippen LogP contribution is -2.60. The summed E-state index contributed by atoms with van der Waals surface area (Å²) < 4.78 is 59.7. The minimum atomic E-state index is -3.56. The Morgan fingerprint density at radius 1 is 0.895 bits per heavy atom. The van der Waals surface area contributed by atoms with E-state index in [1.165, 1.54) is 30.6 Å². The van der Waals surface area contributed by atoms with Gasteiger partial charge in [0.1, 0.15) is 17.2 Å². The fraction of sp³-hybridized carbons (Fsp3) is 0.628. The number of halogens is 2. The molecule has 11 nitrogen and oxygen atoms in total. The molecule has 5 aliphatic heterocycles. The van der Waals surface area contributed by atoms with Crippen molar-refractivity contribution in [2.24, 2.45) is 17.8 Å². The number of hydrogen-bond donors (Lipinski definition) is 1. The van der Waals surface area contributed by atoms with E-state index in [1.807, 2.05) is 23.1 Å². The molecule has 1 N–H and O–H groups in total. The molecule has 6 fully saturated rings. The molecule has 310 valence electrons. The molecule has 2 amide bonds. The van der Waals surface area contributed by atoms with Gasteiger partial charge in [-0.05, 0) is 112 Å². The molecule has 1 saturated carbocycles. The highest BCUT2D eigenvalue weighted by molar-refractivity contribution is 7.92. The van der Waals surface area contributed by atoms with Gasteiger partial charge in [0.2, 0.25) is 5.91 Å². The number of likely N-dealkylation sites (tertiary alicyclic amines) is 4. The number of benzene rings is 2. The number of sulfone groups is 1. The number of piperidine rings is 1. The second-order valence-electron chi connectivity index (χ2n) is 17.4. The third-order valence-electron chi connectivity index (χ3n) is 13.9. The maximum atomic E-state index is 15.0. The van der Waals surface area contributed by atoms with Crippen LogP contribution in [-0.2, 0) is 24.8 Å². The van der Waals surface area contributed by atoms with Gasteiger partial charge < -0.3 is 29.7 Å². The van der Waals surface area contributed by atoms with Gasteiger partial charge in [-0.2, -0.15) is 0 Å². The van der Waals surface area contributed by atoms with E-state index in [-0.39, 0.29) is 47.1 Å². The molecular formula is C43H58F2N6O5S. The van der Waals surface area contributed by atoms with Crippen molar-refractivity contribution in [3.8, 4) is 0 Å². The lowest BCUT2D eigenvalue weighted by molar-refractivity contribution is -0.129. The van der Waals surface area contributed by atoms with E-state index in [9.17, 15) is 22.4 Å². The second kappa shape index (κ2) is 16.9. The lowest BCUT2D eigenvalue weighted by Gasteiger charge is -2.54. The Kier molecular flexibility index (Phi) is 12.0. The molecule has 1 aliphatic carbocycles. The predicted molar refractivity (Wildman–Crippen MR) is 215 cm³/mol. The Balaban J connectivity index is 0.844. The van der Waals surface area contributed by atoms with Crippen LogP contribution in [0, 0.1) is 23.6 Å². The molecule has 5 saturated heterocycles. The van der Waals surface area contributed by atoms with Crippen LogP contribution in [0.5, 0.6) is 0 Å². The zero-order valence-electron chi connectivity index (χ0n) is 33.1. The number of carbonyl (C=O) groups excluding carboxylic acids is 2. The number of methoxy groups -OCH3 is 1. The molecule has 0 radical (unpaired) electrons. The zero-order valence-corrected chi connectivity index (χ0v) is 33.9. The first-order valence-corrected chi connectivity index (χ1v) is 22.5. The van der Waals surface area contributed by atoms with Crippen molar-refractivity contribution in [3.63, 3.8) is 0 Å². The van der Waals surface area contributed by atoms with Crippen LogP contribution in [0.1, 0.15) is 44.1 Å². The van der Waals surface area contributed by atoms with Crippen LogP contribution in [0.3, 0.4) is 0 Å². The van der Waals surface area contributed by atoms with Crippen LogP contribution in [0.4, 0.5) is 19.3 Å². The van der Waals surface area contributed by atoms with E-state index in [0.717, 1.165) is 95.7 Å². The number of anilines is 1. The number of nitrogens with one attached hydrogen (secondary N) is 1. The smallest absolute Gasteiger partial charge is 0.407 e. The molecule has 0 bridgehead atoms. The number of ether oxygens (including phenoxy) is 1. The van der Waals surface area contributed by atoms with E-state index in [4.69, 9.17) is 4.74 Å². The summed E-state index contributed by atoms with van der Waals surface area (Å²) in [6.45, 7) is 9.42. The Bertz CT molecular complexity index is 1870. The largest absolute Gasteiger partial charge is 0.453 e. The summed E-state index contributed by atoms with van der Waals surface area (Å²) in [5.41, 5.74) is 1.79. The first-order valence-electron chi connectivity index (χ1n) is 21.0. The number of amides is 2. The summed E-state index contributed by atoms with van der Waals surface area (Å²) in [6, 6.07) is 14.4. The molecule has 5 heterocycles. The number of rotatable bonds is 14. The van der Waals surface area contributed by atoms with Crippen LogP contribution in [-0.4, -0.2) is 150 Å². The predicted octanol–water partition coefficient (Wildman–Crippen LogP) is 4.34. The molecule has 1 unspecified atom stereocenters. The van der Waals surface area contributed by atoms with E-state index < -0.39 is 27.4 Å². The van der Waals surface area contributed by atoms with Crippen molar-refractivity contribution in [1.29, 1.82) is 0 Å². The average molecular weight is 809 g/mol. The van der Waals surface area contributed by atoms with E-state index in [1.54, 1.807) is 24.3 Å². The van der Waals surface area contributed by atoms with Gasteiger partial charge in [-0.1, -0.05) is 24.6 Å². The van der Waals surface area contributed by atoms with Crippen molar-refractivity contribution in [2.45, 2.75) is 66.3 Å². The molecule has 0 spiro atoms. The van der Waals surface area contributed by atoms with E-state index in [2.05, 4.69) is 26.1 Å². The van der Waals surface area contributed by atoms with Gasteiger partial charge in [-0.25, -0.2) is 22.0 Å². The maximum Gasteiger partial charge on any atom is 0.407 e. The third kappa shape index (κ3) is 8.47. The van der Waals surface area contributed by atoms with Gasteiger partial charge >= 0.3 is 6.09 Å². The fourth-order valence-corrected chi connectivity index (χ4v) is 12.2. The van der Waals surface area contributed by atoms with Gasteiger partial charge in [0, 0.05) is 88.0 Å². The van der Waals surface area contributed by atoms with Gasteiger partial charge in [0.15, 0.2) is 9.84 Å². The zero-order chi connectivity index (χ0) is 39.7. The molecule has 2 aromatic carbocycles. The van der Waals surface area contributed by atoms with Gasteiger partial charge in [-0.3, -0.25) is 9.69 Å². The number of alkyl carbamates (subject to hydrolysis) is 1. The molecule has 0 aromatic heterocycles. The van der Waals surface area contributed by atoms with E-state index >= 15 is 4.39 Å².